The zero-order valence-electron chi connectivity index (χ0n) is 19.4. The van der Waals surface area contributed by atoms with E-state index in [4.69, 9.17) is 9.47 Å². The second-order valence-corrected chi connectivity index (χ2v) is 9.31. The number of benzene rings is 2. The molecule has 0 aliphatic carbocycles. The number of carbonyl (C=O) groups excluding carboxylic acids is 3. The minimum Gasteiger partial charge on any atom is -0.497 e. The van der Waals surface area contributed by atoms with Crippen molar-refractivity contribution < 1.29 is 23.9 Å². The van der Waals surface area contributed by atoms with Crippen molar-refractivity contribution in [2.75, 3.05) is 36.2 Å². The molecule has 36 heavy (non-hydrogen) atoms. The number of amides is 3. The summed E-state index contributed by atoms with van der Waals surface area (Å²) in [4.78, 5) is 55.5. The highest BCUT2D eigenvalue weighted by Crippen LogP contribution is 2.35. The minimum atomic E-state index is -0.532. The molecule has 0 bridgehead atoms. The van der Waals surface area contributed by atoms with Gasteiger partial charge < -0.3 is 24.7 Å². The number of ether oxygens (including phenoxy) is 2. The largest absolute Gasteiger partial charge is 0.497 e. The van der Waals surface area contributed by atoms with Gasteiger partial charge in [-0.3, -0.25) is 19.3 Å². The van der Waals surface area contributed by atoms with Crippen molar-refractivity contribution in [2.45, 2.75) is 24.0 Å². The number of methoxy groups -OCH3 is 1. The molecule has 2 aromatic carbocycles. The summed E-state index contributed by atoms with van der Waals surface area (Å²) in [5.74, 6) is 0.578. The number of aryl methyl sites for hydroxylation is 1. The molecule has 0 spiro atoms. The molecule has 0 unspecified atom stereocenters. The van der Waals surface area contributed by atoms with Gasteiger partial charge in [0.1, 0.15) is 11.9 Å². The van der Waals surface area contributed by atoms with Crippen LogP contribution in [-0.2, 0) is 20.9 Å². The van der Waals surface area contributed by atoms with Crippen molar-refractivity contribution in [3.05, 3.63) is 52.9 Å². The molecule has 1 aromatic heterocycles. The Bertz CT molecular complexity index is 1420. The fraction of sp³-hybridized carbons (Fsp3) is 0.292. The Hall–Kier alpha value is -4.06. The predicted octanol–water partition coefficient (Wildman–Crippen LogP) is 1.98. The molecule has 0 saturated carbocycles. The van der Waals surface area contributed by atoms with Gasteiger partial charge in [0.15, 0.2) is 0 Å². The van der Waals surface area contributed by atoms with Gasteiger partial charge in [0.2, 0.25) is 11.8 Å². The van der Waals surface area contributed by atoms with E-state index in [1.807, 2.05) is 6.07 Å². The van der Waals surface area contributed by atoms with Crippen LogP contribution in [0.25, 0.3) is 11.0 Å². The summed E-state index contributed by atoms with van der Waals surface area (Å²) in [6, 6.07) is 10.6. The summed E-state index contributed by atoms with van der Waals surface area (Å²) < 4.78 is 12.1. The minimum absolute atomic E-state index is 0.0583. The van der Waals surface area contributed by atoms with Crippen LogP contribution in [0.5, 0.6) is 5.75 Å². The van der Waals surface area contributed by atoms with Gasteiger partial charge >= 0.3 is 6.09 Å². The van der Waals surface area contributed by atoms with Crippen molar-refractivity contribution in [1.29, 1.82) is 0 Å². The second kappa shape index (κ2) is 9.90. The summed E-state index contributed by atoms with van der Waals surface area (Å²) in [6.45, 7) is 0.554. The highest BCUT2D eigenvalue weighted by molar-refractivity contribution is 8.00. The van der Waals surface area contributed by atoms with Gasteiger partial charge in [-0.1, -0.05) is 0 Å². The van der Waals surface area contributed by atoms with Crippen LogP contribution in [0.15, 0.2) is 52.3 Å². The summed E-state index contributed by atoms with van der Waals surface area (Å²) in [7, 11) is 1.53. The Morgan fingerprint density at radius 1 is 1.25 bits per heavy atom. The smallest absolute Gasteiger partial charge is 0.414 e. The van der Waals surface area contributed by atoms with E-state index < -0.39 is 12.2 Å². The Morgan fingerprint density at radius 2 is 2.11 bits per heavy atom. The molecule has 2 aliphatic heterocycles. The summed E-state index contributed by atoms with van der Waals surface area (Å²) in [5.41, 5.74) is 2.15. The zero-order valence-corrected chi connectivity index (χ0v) is 20.2. The van der Waals surface area contributed by atoms with Crippen LogP contribution in [-0.4, -0.2) is 59.5 Å². The van der Waals surface area contributed by atoms with E-state index in [2.05, 4.69) is 15.6 Å². The number of carbonyl (C=O) groups is 3. The van der Waals surface area contributed by atoms with E-state index in [0.717, 1.165) is 4.90 Å². The number of rotatable bonds is 7. The van der Waals surface area contributed by atoms with E-state index in [1.54, 1.807) is 30.3 Å². The van der Waals surface area contributed by atoms with Gasteiger partial charge in [0.25, 0.3) is 5.56 Å². The number of hydrogen-bond donors (Lipinski definition) is 2. The third kappa shape index (κ3) is 4.85. The van der Waals surface area contributed by atoms with Gasteiger partial charge in [0.05, 0.1) is 48.9 Å². The first-order valence-corrected chi connectivity index (χ1v) is 12.2. The van der Waals surface area contributed by atoms with Gasteiger partial charge in [-0.25, -0.2) is 9.78 Å². The van der Waals surface area contributed by atoms with Crippen molar-refractivity contribution in [1.82, 2.24) is 14.9 Å². The number of fused-ring (bicyclic) bond motifs is 2. The number of hydrogen-bond acceptors (Lipinski definition) is 8. The maximum atomic E-state index is 12.5. The van der Waals surface area contributed by atoms with E-state index >= 15 is 0 Å². The molecular weight excluding hydrogens is 486 g/mol. The maximum Gasteiger partial charge on any atom is 0.414 e. The molecule has 1 saturated heterocycles. The molecule has 3 amide bonds. The maximum absolute atomic E-state index is 12.5. The highest BCUT2D eigenvalue weighted by atomic mass is 32.2. The van der Waals surface area contributed by atoms with Crippen LogP contribution < -0.4 is 25.8 Å². The van der Waals surface area contributed by atoms with Gasteiger partial charge in [-0.2, -0.15) is 0 Å². The van der Waals surface area contributed by atoms with Crippen molar-refractivity contribution in [3.8, 4) is 5.75 Å². The standard InChI is InChI=1S/C24H23N5O6S/c1-34-15-3-4-17-19(9-15)28(23(32)11-25-17)7-6-21(30)26-10-16-12-29(24(33)35-16)14-2-5-20-18(8-14)27-22(31)13-36-20/h2-5,8-9,11,16H,6-7,10,12-13H2,1H3,(H,26,30)(H,27,31)/t16-/m1/s1. The third-order valence-electron chi connectivity index (χ3n) is 5.92. The van der Waals surface area contributed by atoms with E-state index in [0.29, 0.717) is 33.9 Å². The second-order valence-electron chi connectivity index (χ2n) is 8.29. The molecule has 5 rings (SSSR count). The van der Waals surface area contributed by atoms with Crippen LogP contribution in [0.4, 0.5) is 16.2 Å². The predicted molar refractivity (Wildman–Crippen MR) is 134 cm³/mol. The summed E-state index contributed by atoms with van der Waals surface area (Å²) in [5, 5.41) is 5.58. The number of nitrogens with zero attached hydrogens (tertiary/aromatic N) is 3. The Labute approximate surface area is 209 Å². The van der Waals surface area contributed by atoms with Crippen molar-refractivity contribution in [2.24, 2.45) is 0 Å². The fourth-order valence-corrected chi connectivity index (χ4v) is 4.89. The number of cyclic esters (lactones) is 1. The van der Waals surface area contributed by atoms with Crippen LogP contribution in [0.3, 0.4) is 0 Å². The van der Waals surface area contributed by atoms with E-state index in [9.17, 15) is 19.2 Å². The zero-order chi connectivity index (χ0) is 25.2. The van der Waals surface area contributed by atoms with Gasteiger partial charge in [-0.05, 0) is 30.3 Å². The van der Waals surface area contributed by atoms with Crippen LogP contribution >= 0.6 is 11.8 Å². The van der Waals surface area contributed by atoms with Gasteiger partial charge in [0, 0.05) is 29.6 Å². The Kier molecular flexibility index (Phi) is 6.51. The number of aromatic nitrogens is 2. The molecule has 3 heterocycles. The quantitative estimate of drug-likeness (QED) is 0.494. The lowest BCUT2D eigenvalue weighted by Gasteiger charge is -2.20. The Balaban J connectivity index is 1.18. The SMILES string of the molecule is COc1ccc2ncc(=O)n(CCC(=O)NC[C@@H]3CN(c4ccc5c(c4)NC(=O)CS5)C(=O)O3)c2c1. The fourth-order valence-electron chi connectivity index (χ4n) is 4.11. The Morgan fingerprint density at radius 3 is 2.94 bits per heavy atom. The summed E-state index contributed by atoms with van der Waals surface area (Å²) >= 11 is 1.44. The van der Waals surface area contributed by atoms with Crippen LogP contribution in [0.1, 0.15) is 6.42 Å². The van der Waals surface area contributed by atoms with Gasteiger partial charge in [-0.15, -0.1) is 11.8 Å². The molecule has 2 aliphatic rings. The van der Waals surface area contributed by atoms with E-state index in [-0.39, 0.29) is 43.4 Å². The number of nitrogens with one attached hydrogen (secondary N) is 2. The van der Waals surface area contributed by atoms with Crippen LogP contribution in [0, 0.1) is 0 Å². The topological polar surface area (TPSA) is 132 Å². The molecule has 3 aromatic rings. The van der Waals surface area contributed by atoms with Crippen molar-refractivity contribution >= 4 is 52.1 Å². The van der Waals surface area contributed by atoms with Crippen molar-refractivity contribution in [3.63, 3.8) is 0 Å². The lowest BCUT2D eigenvalue weighted by molar-refractivity contribution is -0.121. The molecule has 186 valence electrons. The first-order chi connectivity index (χ1) is 17.4. The third-order valence-corrected chi connectivity index (χ3v) is 7.00. The molecule has 2 N–H and O–H groups in total. The molecule has 1 fully saturated rings. The molecule has 12 heteroatoms. The summed E-state index contributed by atoms with van der Waals surface area (Å²) in [6.07, 6.45) is 0.232. The molecule has 11 nitrogen and oxygen atoms in total. The molecule has 0 radical (unpaired) electrons. The van der Waals surface area contributed by atoms with E-state index in [1.165, 1.54) is 34.5 Å². The lowest BCUT2D eigenvalue weighted by Crippen LogP contribution is -2.35. The highest BCUT2D eigenvalue weighted by Gasteiger charge is 2.33. The monoisotopic (exact) mass is 509 g/mol. The number of anilines is 2. The lowest BCUT2D eigenvalue weighted by atomic mass is 10.2. The molecule has 1 atom stereocenters. The molecular formula is C24H23N5O6S. The number of thioether (sulfide) groups is 1. The first kappa shape index (κ1) is 23.7. The average Bonchev–Trinajstić information content (AvgIpc) is 3.26. The average molecular weight is 510 g/mol. The normalized spacial score (nSPS) is 16.9. The first-order valence-electron chi connectivity index (χ1n) is 11.3. The van der Waals surface area contributed by atoms with Crippen LogP contribution in [0.2, 0.25) is 0 Å².